The van der Waals surface area contributed by atoms with Gasteiger partial charge in [-0.2, -0.15) is 0 Å². The van der Waals surface area contributed by atoms with Crippen LogP contribution in [0.2, 0.25) is 0 Å². The van der Waals surface area contributed by atoms with Crippen molar-refractivity contribution in [2.45, 2.75) is 85.0 Å². The predicted octanol–water partition coefficient (Wildman–Crippen LogP) is 8.26. The van der Waals surface area contributed by atoms with Crippen molar-refractivity contribution in [2.75, 3.05) is 6.61 Å². The monoisotopic (exact) mass is 450 g/mol. The van der Waals surface area contributed by atoms with Crippen molar-refractivity contribution >= 4 is 5.97 Å². The molecule has 1 saturated carbocycles. The summed E-state index contributed by atoms with van der Waals surface area (Å²) < 4.78 is 11.4. The van der Waals surface area contributed by atoms with Crippen molar-refractivity contribution in [3.63, 3.8) is 0 Å². The van der Waals surface area contributed by atoms with Crippen molar-refractivity contribution in [1.29, 1.82) is 0 Å². The predicted molar refractivity (Wildman–Crippen MR) is 136 cm³/mol. The molecule has 2 aromatic rings. The quantitative estimate of drug-likeness (QED) is 0.241. The van der Waals surface area contributed by atoms with E-state index < -0.39 is 0 Å². The molecule has 0 heterocycles. The Kier molecular flexibility index (Phi) is 10.3. The third-order valence-electron chi connectivity index (χ3n) is 7.04. The zero-order valence-corrected chi connectivity index (χ0v) is 20.9. The molecular formula is C30H42O3. The minimum absolute atomic E-state index is 0.336. The third kappa shape index (κ3) is 8.53. The topological polar surface area (TPSA) is 35.5 Å². The molecule has 0 bridgehead atoms. The summed E-state index contributed by atoms with van der Waals surface area (Å²) in [6, 6.07) is 15.2. The lowest BCUT2D eigenvalue weighted by atomic mass is 9.78. The Hall–Kier alpha value is -2.29. The summed E-state index contributed by atoms with van der Waals surface area (Å²) in [5.74, 6) is 3.42. The Morgan fingerprint density at radius 1 is 0.848 bits per heavy atom. The largest absolute Gasteiger partial charge is 0.493 e. The highest BCUT2D eigenvalue weighted by Gasteiger charge is 2.20. The number of hydrogen-bond donors (Lipinski definition) is 0. The van der Waals surface area contributed by atoms with E-state index in [4.69, 9.17) is 9.47 Å². The first-order valence-electron chi connectivity index (χ1n) is 13.1. The maximum absolute atomic E-state index is 12.5. The van der Waals surface area contributed by atoms with Crippen LogP contribution in [0.3, 0.4) is 0 Å². The SMILES string of the molecule is CCCC1CCC(CCc2ccc(OC(=O)c3ccc(OC[C@@H](C)CCC)cc3)cc2)CC1. The Morgan fingerprint density at radius 3 is 2.06 bits per heavy atom. The number of benzene rings is 2. The number of hydrogen-bond acceptors (Lipinski definition) is 3. The maximum Gasteiger partial charge on any atom is 0.343 e. The first kappa shape index (κ1) is 25.3. The maximum atomic E-state index is 12.5. The van der Waals surface area contributed by atoms with Gasteiger partial charge in [0, 0.05) is 0 Å². The molecule has 0 radical (unpaired) electrons. The number of esters is 1. The Morgan fingerprint density at radius 2 is 1.45 bits per heavy atom. The molecule has 1 aliphatic carbocycles. The Balaban J connectivity index is 1.41. The van der Waals surface area contributed by atoms with Crippen LogP contribution in [-0.2, 0) is 6.42 Å². The van der Waals surface area contributed by atoms with Crippen molar-refractivity contribution < 1.29 is 14.3 Å². The summed E-state index contributed by atoms with van der Waals surface area (Å²) in [5.41, 5.74) is 1.86. The van der Waals surface area contributed by atoms with Gasteiger partial charge in [-0.05, 0) is 79.0 Å². The van der Waals surface area contributed by atoms with E-state index in [0.717, 1.165) is 36.8 Å². The third-order valence-corrected chi connectivity index (χ3v) is 7.04. The van der Waals surface area contributed by atoms with E-state index in [1.807, 2.05) is 24.3 Å². The lowest BCUT2D eigenvalue weighted by Crippen LogP contribution is -2.15. The van der Waals surface area contributed by atoms with Crippen LogP contribution >= 0.6 is 0 Å². The van der Waals surface area contributed by atoms with Gasteiger partial charge in [-0.1, -0.05) is 77.8 Å². The second kappa shape index (κ2) is 13.4. The van der Waals surface area contributed by atoms with Crippen LogP contribution in [0, 0.1) is 17.8 Å². The number of carbonyl (C=O) groups excluding carboxylic acids is 1. The van der Waals surface area contributed by atoms with E-state index in [9.17, 15) is 4.79 Å². The Labute approximate surface area is 200 Å². The van der Waals surface area contributed by atoms with Crippen molar-refractivity contribution in [3.05, 3.63) is 59.7 Å². The van der Waals surface area contributed by atoms with Crippen LogP contribution < -0.4 is 9.47 Å². The second-order valence-electron chi connectivity index (χ2n) is 9.98. The molecule has 0 unspecified atom stereocenters. The van der Waals surface area contributed by atoms with Gasteiger partial charge in [0.05, 0.1) is 12.2 Å². The molecule has 0 aliphatic heterocycles. The molecule has 33 heavy (non-hydrogen) atoms. The van der Waals surface area contributed by atoms with Gasteiger partial charge in [0.25, 0.3) is 0 Å². The smallest absolute Gasteiger partial charge is 0.343 e. The second-order valence-corrected chi connectivity index (χ2v) is 9.98. The molecule has 180 valence electrons. The molecule has 2 aromatic carbocycles. The van der Waals surface area contributed by atoms with E-state index in [1.165, 1.54) is 50.5 Å². The highest BCUT2D eigenvalue weighted by molar-refractivity contribution is 5.91. The molecule has 3 nitrogen and oxygen atoms in total. The van der Waals surface area contributed by atoms with E-state index in [1.54, 1.807) is 12.1 Å². The molecule has 0 aromatic heterocycles. The summed E-state index contributed by atoms with van der Waals surface area (Å²) in [6.07, 6.45) is 13.0. The van der Waals surface area contributed by atoms with Gasteiger partial charge in [-0.25, -0.2) is 4.79 Å². The standard InChI is InChI=1S/C30H42O3/c1-4-6-23(3)22-32-28-20-16-27(17-21-28)30(31)33-29-18-14-26(15-19-29)13-12-25-10-8-24(7-5-2)9-11-25/h14-21,23-25H,4-13,22H2,1-3H3/t23-,24?,25?/m0/s1. The van der Waals surface area contributed by atoms with Gasteiger partial charge in [0.1, 0.15) is 11.5 Å². The number of ether oxygens (including phenoxy) is 2. The lowest BCUT2D eigenvalue weighted by Gasteiger charge is -2.28. The average molecular weight is 451 g/mol. The zero-order valence-electron chi connectivity index (χ0n) is 20.9. The summed E-state index contributed by atoms with van der Waals surface area (Å²) in [4.78, 5) is 12.5. The summed E-state index contributed by atoms with van der Waals surface area (Å²) in [6.45, 7) is 7.38. The summed E-state index contributed by atoms with van der Waals surface area (Å²) in [7, 11) is 0. The minimum atomic E-state index is -0.336. The van der Waals surface area contributed by atoms with Gasteiger partial charge in [-0.15, -0.1) is 0 Å². The van der Waals surface area contributed by atoms with Gasteiger partial charge >= 0.3 is 5.97 Å². The summed E-state index contributed by atoms with van der Waals surface area (Å²) >= 11 is 0. The van der Waals surface area contributed by atoms with Crippen LogP contribution in [-0.4, -0.2) is 12.6 Å². The van der Waals surface area contributed by atoms with Crippen LogP contribution in [0.25, 0.3) is 0 Å². The molecule has 1 aliphatic rings. The average Bonchev–Trinajstić information content (AvgIpc) is 2.84. The fourth-order valence-corrected chi connectivity index (χ4v) is 4.98. The van der Waals surface area contributed by atoms with E-state index in [0.29, 0.717) is 23.8 Å². The molecule has 1 fully saturated rings. The van der Waals surface area contributed by atoms with Crippen LogP contribution in [0.1, 0.15) is 94.5 Å². The van der Waals surface area contributed by atoms with Gasteiger partial charge in [0.2, 0.25) is 0 Å². The van der Waals surface area contributed by atoms with Crippen molar-refractivity contribution in [1.82, 2.24) is 0 Å². The van der Waals surface area contributed by atoms with Crippen molar-refractivity contribution in [3.8, 4) is 11.5 Å². The van der Waals surface area contributed by atoms with Crippen LogP contribution in [0.15, 0.2) is 48.5 Å². The fraction of sp³-hybridized carbons (Fsp3) is 0.567. The van der Waals surface area contributed by atoms with E-state index in [-0.39, 0.29) is 5.97 Å². The van der Waals surface area contributed by atoms with Crippen molar-refractivity contribution in [2.24, 2.45) is 17.8 Å². The van der Waals surface area contributed by atoms with Crippen LogP contribution in [0.4, 0.5) is 0 Å². The number of rotatable bonds is 12. The number of carbonyl (C=O) groups is 1. The summed E-state index contributed by atoms with van der Waals surface area (Å²) in [5, 5.41) is 0. The first-order chi connectivity index (χ1) is 16.1. The first-order valence-corrected chi connectivity index (χ1v) is 13.1. The van der Waals surface area contributed by atoms with Gasteiger partial charge in [-0.3, -0.25) is 0 Å². The molecule has 3 heteroatoms. The minimum Gasteiger partial charge on any atom is -0.493 e. The van der Waals surface area contributed by atoms with Crippen LogP contribution in [0.5, 0.6) is 11.5 Å². The van der Waals surface area contributed by atoms with Gasteiger partial charge in [0.15, 0.2) is 0 Å². The zero-order chi connectivity index (χ0) is 23.5. The molecule has 0 amide bonds. The highest BCUT2D eigenvalue weighted by Crippen LogP contribution is 2.34. The number of aryl methyl sites for hydroxylation is 1. The highest BCUT2D eigenvalue weighted by atomic mass is 16.5. The fourth-order valence-electron chi connectivity index (χ4n) is 4.98. The molecule has 3 rings (SSSR count). The molecule has 0 saturated heterocycles. The molecular weight excluding hydrogens is 408 g/mol. The van der Waals surface area contributed by atoms with E-state index >= 15 is 0 Å². The van der Waals surface area contributed by atoms with Gasteiger partial charge < -0.3 is 9.47 Å². The molecule has 1 atom stereocenters. The normalized spacial score (nSPS) is 19.1. The van der Waals surface area contributed by atoms with E-state index in [2.05, 4.69) is 32.9 Å². The Bertz CT molecular complexity index is 817. The molecule has 0 spiro atoms. The lowest BCUT2D eigenvalue weighted by molar-refractivity contribution is 0.0734. The molecule has 0 N–H and O–H groups in total.